The van der Waals surface area contributed by atoms with Crippen LogP contribution in [0.3, 0.4) is 0 Å². The molecule has 3 heterocycles. The average molecular weight is 240 g/mol. The van der Waals surface area contributed by atoms with Gasteiger partial charge in [0.2, 0.25) is 5.95 Å². The van der Waals surface area contributed by atoms with E-state index >= 15 is 0 Å². The number of halogens is 1. The van der Waals surface area contributed by atoms with Crippen molar-refractivity contribution < 1.29 is 0 Å². The predicted molar refractivity (Wildman–Crippen MR) is 62.7 cm³/mol. The Morgan fingerprint density at radius 2 is 1.88 bits per heavy atom. The number of nitrogens with one attached hydrogen (secondary N) is 2. The maximum absolute atomic E-state index is 6.16. The van der Waals surface area contributed by atoms with E-state index in [1.54, 1.807) is 0 Å². The third kappa shape index (κ3) is 1.75. The fourth-order valence-corrected chi connectivity index (χ4v) is 2.37. The van der Waals surface area contributed by atoms with E-state index in [4.69, 9.17) is 11.6 Å². The maximum atomic E-state index is 6.16. The third-order valence-electron chi connectivity index (χ3n) is 3.02. The van der Waals surface area contributed by atoms with Gasteiger partial charge in [-0.1, -0.05) is 11.6 Å². The lowest BCUT2D eigenvalue weighted by molar-refractivity contribution is 0.579. The van der Waals surface area contributed by atoms with Crippen LogP contribution in [0.1, 0.15) is 11.3 Å². The van der Waals surface area contributed by atoms with Crippen LogP contribution in [0.5, 0.6) is 0 Å². The number of rotatable bonds is 1. The molecule has 2 N–H and O–H groups in total. The first kappa shape index (κ1) is 10.3. The molecule has 1 saturated heterocycles. The summed E-state index contributed by atoms with van der Waals surface area (Å²) in [5, 5.41) is 7.15. The van der Waals surface area contributed by atoms with Crippen LogP contribution in [0.2, 0.25) is 5.15 Å². The minimum absolute atomic E-state index is 0.600. The zero-order valence-electron chi connectivity index (χ0n) is 8.96. The molecule has 16 heavy (non-hydrogen) atoms. The van der Waals surface area contributed by atoms with Crippen LogP contribution in [0.4, 0.5) is 5.95 Å². The first-order valence-corrected chi connectivity index (χ1v) is 5.94. The van der Waals surface area contributed by atoms with Gasteiger partial charge in [-0.25, -0.2) is 9.97 Å². The quantitative estimate of drug-likeness (QED) is 0.683. The van der Waals surface area contributed by atoms with Crippen molar-refractivity contribution in [2.45, 2.75) is 13.1 Å². The molecule has 1 aromatic rings. The molecule has 0 atom stereocenters. The zero-order valence-corrected chi connectivity index (χ0v) is 9.72. The van der Waals surface area contributed by atoms with Gasteiger partial charge >= 0.3 is 0 Å². The molecule has 0 saturated carbocycles. The molecule has 0 radical (unpaired) electrons. The Bertz CT molecular complexity index is 402. The van der Waals surface area contributed by atoms with Gasteiger partial charge < -0.3 is 15.5 Å². The van der Waals surface area contributed by atoms with Crippen molar-refractivity contribution >= 4 is 17.5 Å². The monoisotopic (exact) mass is 239 g/mol. The Hall–Kier alpha value is -0.910. The molecule has 0 aromatic carbocycles. The Balaban J connectivity index is 1.92. The second-order valence-electron chi connectivity index (χ2n) is 4.08. The fraction of sp³-hybridized carbons (Fsp3) is 0.600. The molecule has 1 aromatic heterocycles. The van der Waals surface area contributed by atoms with Gasteiger partial charge in [-0.05, 0) is 0 Å². The lowest BCUT2D eigenvalue weighted by Crippen LogP contribution is -2.44. The predicted octanol–water partition coefficient (Wildman–Crippen LogP) is 0.143. The second kappa shape index (κ2) is 4.16. The Morgan fingerprint density at radius 3 is 2.69 bits per heavy atom. The molecular weight excluding hydrogens is 226 g/mol. The van der Waals surface area contributed by atoms with Crippen molar-refractivity contribution in [2.24, 2.45) is 0 Å². The molecular formula is C10H14ClN5. The van der Waals surface area contributed by atoms with Crippen molar-refractivity contribution in [1.29, 1.82) is 0 Å². The molecule has 6 heteroatoms. The van der Waals surface area contributed by atoms with Crippen LogP contribution < -0.4 is 15.5 Å². The molecule has 0 unspecified atom stereocenters. The van der Waals surface area contributed by atoms with E-state index in [1.165, 1.54) is 0 Å². The number of anilines is 1. The topological polar surface area (TPSA) is 53.1 Å². The van der Waals surface area contributed by atoms with E-state index in [2.05, 4.69) is 25.5 Å². The van der Waals surface area contributed by atoms with Crippen LogP contribution in [0.25, 0.3) is 0 Å². The summed E-state index contributed by atoms with van der Waals surface area (Å²) in [5.74, 6) is 0.772. The lowest BCUT2D eigenvalue weighted by atomic mass is 10.3. The first-order valence-electron chi connectivity index (χ1n) is 5.56. The van der Waals surface area contributed by atoms with Gasteiger partial charge in [0.1, 0.15) is 5.15 Å². The summed E-state index contributed by atoms with van der Waals surface area (Å²) in [6, 6.07) is 0. The zero-order chi connectivity index (χ0) is 11.0. The lowest BCUT2D eigenvalue weighted by Gasteiger charge is -2.27. The van der Waals surface area contributed by atoms with Crippen LogP contribution in [-0.4, -0.2) is 36.1 Å². The van der Waals surface area contributed by atoms with E-state index < -0.39 is 0 Å². The summed E-state index contributed by atoms with van der Waals surface area (Å²) in [5.41, 5.74) is 2.11. The fourth-order valence-electron chi connectivity index (χ4n) is 2.12. The van der Waals surface area contributed by atoms with Crippen molar-refractivity contribution in [2.75, 3.05) is 31.1 Å². The summed E-state index contributed by atoms with van der Waals surface area (Å²) < 4.78 is 0. The largest absolute Gasteiger partial charge is 0.338 e. The van der Waals surface area contributed by atoms with Crippen LogP contribution in [-0.2, 0) is 13.1 Å². The maximum Gasteiger partial charge on any atom is 0.227 e. The number of fused-ring (bicyclic) bond motifs is 1. The highest BCUT2D eigenvalue weighted by molar-refractivity contribution is 6.30. The standard InChI is InChI=1S/C10H14ClN5/c11-9-7-5-13-6-8(7)14-10(15-9)16-3-1-12-2-4-16/h12-13H,1-6H2. The molecule has 86 valence electrons. The number of aromatic nitrogens is 2. The summed E-state index contributed by atoms with van der Waals surface area (Å²) in [4.78, 5) is 11.1. The highest BCUT2D eigenvalue weighted by Gasteiger charge is 2.21. The van der Waals surface area contributed by atoms with Gasteiger partial charge in [-0.3, -0.25) is 0 Å². The van der Waals surface area contributed by atoms with Crippen molar-refractivity contribution in [1.82, 2.24) is 20.6 Å². The summed E-state index contributed by atoms with van der Waals surface area (Å²) in [6.45, 7) is 5.45. The van der Waals surface area contributed by atoms with Crippen LogP contribution >= 0.6 is 11.6 Å². The summed E-state index contributed by atoms with van der Waals surface area (Å²) in [7, 11) is 0. The number of piperazine rings is 1. The minimum Gasteiger partial charge on any atom is -0.338 e. The van der Waals surface area contributed by atoms with Crippen molar-refractivity contribution in [3.05, 3.63) is 16.4 Å². The smallest absolute Gasteiger partial charge is 0.227 e. The molecule has 0 aliphatic carbocycles. The van der Waals surface area contributed by atoms with Gasteiger partial charge in [0.15, 0.2) is 0 Å². The first-order chi connectivity index (χ1) is 7.84. The molecule has 0 spiro atoms. The molecule has 5 nitrogen and oxygen atoms in total. The van der Waals surface area contributed by atoms with Crippen LogP contribution in [0.15, 0.2) is 0 Å². The van der Waals surface area contributed by atoms with Crippen molar-refractivity contribution in [3.8, 4) is 0 Å². The average Bonchev–Trinajstić information content (AvgIpc) is 2.79. The molecule has 1 fully saturated rings. The summed E-state index contributed by atoms with van der Waals surface area (Å²) in [6.07, 6.45) is 0. The van der Waals surface area contributed by atoms with E-state index in [0.717, 1.165) is 56.5 Å². The Kier molecular flexibility index (Phi) is 2.67. The number of hydrogen-bond donors (Lipinski definition) is 2. The Labute approximate surface area is 99.2 Å². The summed E-state index contributed by atoms with van der Waals surface area (Å²) >= 11 is 6.16. The number of nitrogens with zero attached hydrogens (tertiary/aromatic N) is 3. The molecule has 2 aliphatic heterocycles. The SMILES string of the molecule is Clc1nc(N2CCNCC2)nc2c1CNC2. The Morgan fingerprint density at radius 1 is 1.06 bits per heavy atom. The molecule has 0 bridgehead atoms. The van der Waals surface area contributed by atoms with Gasteiger partial charge in [-0.2, -0.15) is 0 Å². The number of hydrogen-bond acceptors (Lipinski definition) is 5. The van der Waals surface area contributed by atoms with Gasteiger partial charge in [0.25, 0.3) is 0 Å². The van der Waals surface area contributed by atoms with E-state index in [-0.39, 0.29) is 0 Å². The van der Waals surface area contributed by atoms with Crippen molar-refractivity contribution in [3.63, 3.8) is 0 Å². The van der Waals surface area contributed by atoms with Gasteiger partial charge in [-0.15, -0.1) is 0 Å². The van der Waals surface area contributed by atoms with E-state index in [1.807, 2.05) is 0 Å². The normalized spacial score (nSPS) is 19.9. The van der Waals surface area contributed by atoms with E-state index in [0.29, 0.717) is 5.15 Å². The highest BCUT2D eigenvalue weighted by Crippen LogP contribution is 2.24. The molecule has 2 aliphatic rings. The molecule has 3 rings (SSSR count). The molecule has 0 amide bonds. The second-order valence-corrected chi connectivity index (χ2v) is 4.44. The van der Waals surface area contributed by atoms with E-state index in [9.17, 15) is 0 Å². The minimum atomic E-state index is 0.600. The highest BCUT2D eigenvalue weighted by atomic mass is 35.5. The van der Waals surface area contributed by atoms with Crippen LogP contribution in [0, 0.1) is 0 Å². The van der Waals surface area contributed by atoms with Gasteiger partial charge in [0.05, 0.1) is 5.69 Å². The van der Waals surface area contributed by atoms with Gasteiger partial charge in [0, 0.05) is 44.8 Å². The third-order valence-corrected chi connectivity index (χ3v) is 3.34.